The highest BCUT2D eigenvalue weighted by Gasteiger charge is 2.05. The first-order valence-electron chi connectivity index (χ1n) is 4.74. The molecule has 0 aliphatic heterocycles. The average molecular weight is 305 g/mol. The zero-order chi connectivity index (χ0) is 12.4. The first-order chi connectivity index (χ1) is 8.06. The highest BCUT2D eigenvalue weighted by molar-refractivity contribution is 7.99. The summed E-state index contributed by atoms with van der Waals surface area (Å²) in [6.07, 6.45) is 0. The normalized spacial score (nSPS) is 10.5. The van der Waals surface area contributed by atoms with Crippen LogP contribution in [0.4, 0.5) is 5.69 Å². The van der Waals surface area contributed by atoms with Crippen molar-refractivity contribution in [3.05, 3.63) is 51.5 Å². The maximum absolute atomic E-state index is 5.95. The number of anilines is 1. The molecule has 5 heteroatoms. The van der Waals surface area contributed by atoms with Gasteiger partial charge in [0.15, 0.2) is 0 Å². The Balaban J connectivity index is 2.28. The van der Waals surface area contributed by atoms with E-state index in [1.165, 1.54) is 11.8 Å². The van der Waals surface area contributed by atoms with Gasteiger partial charge in [-0.2, -0.15) is 0 Å². The summed E-state index contributed by atoms with van der Waals surface area (Å²) >= 11 is 19.2. The Kier molecular flexibility index (Phi) is 4.10. The Bertz CT molecular complexity index is 557. The second-order valence-electron chi connectivity index (χ2n) is 3.36. The van der Waals surface area contributed by atoms with Crippen molar-refractivity contribution in [3.8, 4) is 0 Å². The fraction of sp³-hybridized carbons (Fsp3) is 0. The van der Waals surface area contributed by atoms with Crippen molar-refractivity contribution in [2.45, 2.75) is 9.79 Å². The molecule has 0 bridgehead atoms. The minimum Gasteiger partial charge on any atom is -0.398 e. The highest BCUT2D eigenvalue weighted by Crippen LogP contribution is 2.36. The van der Waals surface area contributed by atoms with E-state index in [1.54, 1.807) is 18.2 Å². The molecule has 0 saturated heterocycles. The van der Waals surface area contributed by atoms with Gasteiger partial charge < -0.3 is 5.73 Å². The summed E-state index contributed by atoms with van der Waals surface area (Å²) in [4.78, 5) is 1.92. The number of hydrogen-bond donors (Lipinski definition) is 1. The average Bonchev–Trinajstić information content (AvgIpc) is 2.27. The molecule has 0 saturated carbocycles. The molecule has 0 amide bonds. The molecule has 0 fully saturated rings. The van der Waals surface area contributed by atoms with Gasteiger partial charge in [-0.05, 0) is 36.4 Å². The first kappa shape index (κ1) is 12.9. The lowest BCUT2D eigenvalue weighted by atomic mass is 10.3. The standard InChI is InChI=1S/C12H8Cl3NS/c13-7-1-4-12(11(16)5-7)17-8-2-3-9(14)10(15)6-8/h1-6H,16H2. The van der Waals surface area contributed by atoms with Crippen molar-refractivity contribution in [2.24, 2.45) is 0 Å². The van der Waals surface area contributed by atoms with Crippen molar-refractivity contribution in [3.63, 3.8) is 0 Å². The fourth-order valence-corrected chi connectivity index (χ4v) is 2.70. The van der Waals surface area contributed by atoms with Crippen molar-refractivity contribution in [2.75, 3.05) is 5.73 Å². The molecule has 0 aliphatic carbocycles. The number of nitrogen functional groups attached to an aromatic ring is 1. The van der Waals surface area contributed by atoms with E-state index in [-0.39, 0.29) is 0 Å². The number of benzene rings is 2. The Morgan fingerprint density at radius 3 is 2.29 bits per heavy atom. The topological polar surface area (TPSA) is 26.0 Å². The minimum atomic E-state index is 0.532. The zero-order valence-corrected chi connectivity index (χ0v) is 11.7. The number of hydrogen-bond acceptors (Lipinski definition) is 2. The van der Waals surface area contributed by atoms with Gasteiger partial charge >= 0.3 is 0 Å². The first-order valence-corrected chi connectivity index (χ1v) is 6.69. The lowest BCUT2D eigenvalue weighted by Crippen LogP contribution is -1.87. The SMILES string of the molecule is Nc1cc(Cl)ccc1Sc1ccc(Cl)c(Cl)c1. The van der Waals surface area contributed by atoms with E-state index in [9.17, 15) is 0 Å². The van der Waals surface area contributed by atoms with E-state index in [0.29, 0.717) is 20.8 Å². The van der Waals surface area contributed by atoms with E-state index in [2.05, 4.69) is 0 Å². The quantitative estimate of drug-likeness (QED) is 0.754. The summed E-state index contributed by atoms with van der Waals surface area (Å²) in [6, 6.07) is 10.9. The van der Waals surface area contributed by atoms with Crippen LogP contribution in [0.1, 0.15) is 0 Å². The van der Waals surface area contributed by atoms with E-state index in [1.807, 2.05) is 18.2 Å². The molecule has 0 unspecified atom stereocenters. The van der Waals surface area contributed by atoms with Crippen molar-refractivity contribution < 1.29 is 0 Å². The molecule has 2 aromatic rings. The molecule has 2 rings (SSSR count). The van der Waals surface area contributed by atoms with Crippen molar-refractivity contribution in [1.82, 2.24) is 0 Å². The molecule has 1 nitrogen and oxygen atoms in total. The fourth-order valence-electron chi connectivity index (χ4n) is 1.28. The molecule has 0 aromatic heterocycles. The maximum Gasteiger partial charge on any atom is 0.0603 e. The smallest absolute Gasteiger partial charge is 0.0603 e. The summed E-state index contributed by atoms with van der Waals surface area (Å²) in [7, 11) is 0. The third-order valence-electron chi connectivity index (χ3n) is 2.09. The predicted molar refractivity (Wildman–Crippen MR) is 76.4 cm³/mol. The largest absolute Gasteiger partial charge is 0.398 e. The Hall–Kier alpha value is -0.540. The van der Waals surface area contributed by atoms with Gasteiger partial charge in [-0.1, -0.05) is 46.6 Å². The van der Waals surface area contributed by atoms with E-state index in [4.69, 9.17) is 40.5 Å². The van der Waals surface area contributed by atoms with E-state index in [0.717, 1.165) is 9.79 Å². The molecule has 0 aliphatic rings. The Labute approximate surface area is 119 Å². The summed E-state index contributed by atoms with van der Waals surface area (Å²) < 4.78 is 0. The van der Waals surface area contributed by atoms with Gasteiger partial charge in [-0.15, -0.1) is 0 Å². The van der Waals surface area contributed by atoms with E-state index >= 15 is 0 Å². The maximum atomic E-state index is 5.95. The van der Waals surface area contributed by atoms with Gasteiger partial charge in [0.2, 0.25) is 0 Å². The van der Waals surface area contributed by atoms with Gasteiger partial charge in [-0.25, -0.2) is 0 Å². The predicted octanol–water partition coefficient (Wildman–Crippen LogP) is 5.38. The summed E-state index contributed by atoms with van der Waals surface area (Å²) in [5.74, 6) is 0. The molecule has 2 aromatic carbocycles. The third kappa shape index (κ3) is 3.23. The van der Waals surface area contributed by atoms with Gasteiger partial charge in [0.1, 0.15) is 0 Å². The molecule has 88 valence electrons. The van der Waals surface area contributed by atoms with E-state index < -0.39 is 0 Å². The Morgan fingerprint density at radius 1 is 0.882 bits per heavy atom. The van der Waals surface area contributed by atoms with Crippen LogP contribution in [0.3, 0.4) is 0 Å². The minimum absolute atomic E-state index is 0.532. The van der Waals surface area contributed by atoms with Crippen LogP contribution in [0.2, 0.25) is 15.1 Å². The second kappa shape index (κ2) is 5.40. The number of nitrogens with two attached hydrogens (primary N) is 1. The van der Waals surface area contributed by atoms with Gasteiger partial charge in [0.05, 0.1) is 10.0 Å². The lowest BCUT2D eigenvalue weighted by Gasteiger charge is -2.06. The highest BCUT2D eigenvalue weighted by atomic mass is 35.5. The van der Waals surface area contributed by atoms with Crippen LogP contribution < -0.4 is 5.73 Å². The van der Waals surface area contributed by atoms with Gasteiger partial charge in [-0.3, -0.25) is 0 Å². The van der Waals surface area contributed by atoms with Crippen LogP contribution in [0, 0.1) is 0 Å². The Morgan fingerprint density at radius 2 is 1.65 bits per heavy atom. The van der Waals surface area contributed by atoms with Gasteiger partial charge in [0, 0.05) is 20.5 Å². The number of rotatable bonds is 2. The van der Waals surface area contributed by atoms with Crippen LogP contribution in [-0.2, 0) is 0 Å². The molecule has 0 atom stereocenters. The van der Waals surface area contributed by atoms with Crippen LogP contribution in [0.15, 0.2) is 46.2 Å². The van der Waals surface area contributed by atoms with Crippen molar-refractivity contribution >= 4 is 52.3 Å². The van der Waals surface area contributed by atoms with Crippen LogP contribution in [0.5, 0.6) is 0 Å². The molecule has 17 heavy (non-hydrogen) atoms. The molecule has 0 spiro atoms. The van der Waals surface area contributed by atoms with Crippen LogP contribution in [0.25, 0.3) is 0 Å². The van der Waals surface area contributed by atoms with Crippen LogP contribution in [-0.4, -0.2) is 0 Å². The molecule has 2 N–H and O–H groups in total. The zero-order valence-electron chi connectivity index (χ0n) is 8.58. The van der Waals surface area contributed by atoms with Gasteiger partial charge in [0.25, 0.3) is 0 Å². The lowest BCUT2D eigenvalue weighted by molar-refractivity contribution is 1.41. The summed E-state index contributed by atoms with van der Waals surface area (Å²) in [5, 5.41) is 1.70. The molecular weight excluding hydrogens is 297 g/mol. The molecule has 0 heterocycles. The molecule has 0 radical (unpaired) electrons. The monoisotopic (exact) mass is 303 g/mol. The third-order valence-corrected chi connectivity index (χ3v) is 4.15. The number of halogens is 3. The summed E-state index contributed by atoms with van der Waals surface area (Å²) in [6.45, 7) is 0. The van der Waals surface area contributed by atoms with Crippen LogP contribution >= 0.6 is 46.6 Å². The molecular formula is C12H8Cl3NS. The second-order valence-corrected chi connectivity index (χ2v) is 5.73. The van der Waals surface area contributed by atoms with Crippen molar-refractivity contribution in [1.29, 1.82) is 0 Å². The summed E-state index contributed by atoms with van der Waals surface area (Å²) in [5.41, 5.74) is 6.52.